The molecule has 0 heterocycles. The van der Waals surface area contributed by atoms with E-state index >= 15 is 0 Å². The molecule has 1 aromatic carbocycles. The van der Waals surface area contributed by atoms with Gasteiger partial charge in [0.1, 0.15) is 0 Å². The van der Waals surface area contributed by atoms with E-state index < -0.39 is 0 Å². The summed E-state index contributed by atoms with van der Waals surface area (Å²) in [7, 11) is 1.36. The van der Waals surface area contributed by atoms with Crippen LogP contribution in [0, 0.1) is 5.92 Å². The molecule has 0 amide bonds. The molecule has 1 aromatic rings. The summed E-state index contributed by atoms with van der Waals surface area (Å²) in [5.74, 6) is -0.667. The Labute approximate surface area is 89.5 Å². The average Bonchev–Trinajstić information content (AvgIpc) is 2.31. The second kappa shape index (κ2) is 5.98. The standard InChI is InChI=1S/C12H15NO2/c1-15-12(14)11(9-13)8-7-10-5-3-2-4-6-10/h2-8,11H,9,13H2,1H3. The number of ether oxygens (including phenoxy) is 1. The minimum Gasteiger partial charge on any atom is -0.469 e. The zero-order valence-electron chi connectivity index (χ0n) is 8.72. The van der Waals surface area contributed by atoms with Crippen molar-refractivity contribution in [3.8, 4) is 0 Å². The monoisotopic (exact) mass is 205 g/mol. The summed E-state index contributed by atoms with van der Waals surface area (Å²) >= 11 is 0. The lowest BCUT2D eigenvalue weighted by Crippen LogP contribution is -2.22. The van der Waals surface area contributed by atoms with E-state index in [1.807, 2.05) is 36.4 Å². The molecule has 0 aliphatic carbocycles. The van der Waals surface area contributed by atoms with E-state index in [0.717, 1.165) is 5.56 Å². The molecule has 0 aliphatic heterocycles. The fourth-order valence-corrected chi connectivity index (χ4v) is 1.20. The molecular weight excluding hydrogens is 190 g/mol. The van der Waals surface area contributed by atoms with Crippen molar-refractivity contribution in [2.45, 2.75) is 0 Å². The molecule has 0 aromatic heterocycles. The fraction of sp³-hybridized carbons (Fsp3) is 0.250. The van der Waals surface area contributed by atoms with Gasteiger partial charge in [-0.15, -0.1) is 0 Å². The van der Waals surface area contributed by atoms with E-state index in [1.54, 1.807) is 6.08 Å². The van der Waals surface area contributed by atoms with Gasteiger partial charge in [0.2, 0.25) is 0 Å². The number of carbonyl (C=O) groups excluding carboxylic acids is 1. The summed E-state index contributed by atoms with van der Waals surface area (Å²) in [6.07, 6.45) is 3.63. The van der Waals surface area contributed by atoms with Gasteiger partial charge in [-0.3, -0.25) is 4.79 Å². The fourth-order valence-electron chi connectivity index (χ4n) is 1.20. The molecule has 1 unspecified atom stereocenters. The van der Waals surface area contributed by atoms with Crippen LogP contribution in [0.3, 0.4) is 0 Å². The molecule has 0 fully saturated rings. The first-order chi connectivity index (χ1) is 7.27. The second-order valence-corrected chi connectivity index (χ2v) is 3.14. The van der Waals surface area contributed by atoms with Gasteiger partial charge in [-0.25, -0.2) is 0 Å². The molecule has 15 heavy (non-hydrogen) atoms. The van der Waals surface area contributed by atoms with Gasteiger partial charge in [-0.1, -0.05) is 42.5 Å². The number of hydrogen-bond acceptors (Lipinski definition) is 3. The topological polar surface area (TPSA) is 52.3 Å². The number of rotatable bonds is 4. The van der Waals surface area contributed by atoms with Gasteiger partial charge in [-0.05, 0) is 5.56 Å². The number of nitrogens with two attached hydrogens (primary N) is 1. The van der Waals surface area contributed by atoms with Crippen molar-refractivity contribution in [1.82, 2.24) is 0 Å². The summed E-state index contributed by atoms with van der Waals surface area (Å²) in [6, 6.07) is 9.74. The quantitative estimate of drug-likeness (QED) is 0.757. The Bertz CT molecular complexity index is 333. The highest BCUT2D eigenvalue weighted by Gasteiger charge is 2.12. The van der Waals surface area contributed by atoms with E-state index in [0.29, 0.717) is 0 Å². The summed E-state index contributed by atoms with van der Waals surface area (Å²) in [4.78, 5) is 11.2. The molecule has 3 heteroatoms. The number of esters is 1. The van der Waals surface area contributed by atoms with Crippen molar-refractivity contribution in [2.75, 3.05) is 13.7 Å². The molecule has 0 saturated carbocycles. The summed E-state index contributed by atoms with van der Waals surface area (Å²) in [5, 5.41) is 0. The van der Waals surface area contributed by atoms with E-state index in [1.165, 1.54) is 7.11 Å². The third kappa shape index (κ3) is 3.56. The molecule has 3 nitrogen and oxygen atoms in total. The molecular formula is C12H15NO2. The van der Waals surface area contributed by atoms with Crippen molar-refractivity contribution in [2.24, 2.45) is 11.7 Å². The van der Waals surface area contributed by atoms with Gasteiger partial charge in [0.05, 0.1) is 13.0 Å². The van der Waals surface area contributed by atoms with Gasteiger partial charge < -0.3 is 10.5 Å². The first kappa shape index (κ1) is 11.5. The van der Waals surface area contributed by atoms with Crippen LogP contribution in [0.15, 0.2) is 36.4 Å². The number of benzene rings is 1. The average molecular weight is 205 g/mol. The Hall–Kier alpha value is -1.61. The van der Waals surface area contributed by atoms with Crippen LogP contribution in [0.25, 0.3) is 6.08 Å². The maximum atomic E-state index is 11.2. The zero-order chi connectivity index (χ0) is 11.1. The molecule has 0 saturated heterocycles. The first-order valence-corrected chi connectivity index (χ1v) is 4.79. The molecule has 2 N–H and O–H groups in total. The lowest BCUT2D eigenvalue weighted by atomic mass is 10.1. The van der Waals surface area contributed by atoms with E-state index in [2.05, 4.69) is 4.74 Å². The van der Waals surface area contributed by atoms with Crippen molar-refractivity contribution in [3.05, 3.63) is 42.0 Å². The highest BCUT2D eigenvalue weighted by molar-refractivity contribution is 5.76. The zero-order valence-corrected chi connectivity index (χ0v) is 8.72. The molecule has 1 rings (SSSR count). The Morgan fingerprint density at radius 2 is 2.13 bits per heavy atom. The molecule has 80 valence electrons. The van der Waals surface area contributed by atoms with Gasteiger partial charge in [0, 0.05) is 6.54 Å². The Kier molecular flexibility index (Phi) is 4.57. The number of hydrogen-bond donors (Lipinski definition) is 1. The smallest absolute Gasteiger partial charge is 0.313 e. The Morgan fingerprint density at radius 3 is 2.67 bits per heavy atom. The minimum absolute atomic E-state index is 0.260. The highest BCUT2D eigenvalue weighted by Crippen LogP contribution is 2.06. The van der Waals surface area contributed by atoms with Crippen LogP contribution in [-0.2, 0) is 9.53 Å². The normalized spacial score (nSPS) is 12.7. The summed E-state index contributed by atoms with van der Waals surface area (Å²) in [6.45, 7) is 0.260. The molecule has 1 atom stereocenters. The molecule has 0 bridgehead atoms. The maximum absolute atomic E-state index is 11.2. The van der Waals surface area contributed by atoms with Crippen LogP contribution in [-0.4, -0.2) is 19.6 Å². The van der Waals surface area contributed by atoms with Gasteiger partial charge in [0.25, 0.3) is 0 Å². The van der Waals surface area contributed by atoms with Crippen molar-refractivity contribution in [1.29, 1.82) is 0 Å². The Morgan fingerprint density at radius 1 is 1.47 bits per heavy atom. The van der Waals surface area contributed by atoms with Crippen LogP contribution in [0.1, 0.15) is 5.56 Å². The number of methoxy groups -OCH3 is 1. The first-order valence-electron chi connectivity index (χ1n) is 4.79. The second-order valence-electron chi connectivity index (χ2n) is 3.14. The highest BCUT2D eigenvalue weighted by atomic mass is 16.5. The Balaban J connectivity index is 2.67. The predicted octanol–water partition coefficient (Wildman–Crippen LogP) is 1.45. The lowest BCUT2D eigenvalue weighted by molar-refractivity contribution is -0.143. The van der Waals surface area contributed by atoms with E-state index in [4.69, 9.17) is 5.73 Å². The predicted molar refractivity (Wildman–Crippen MR) is 60.0 cm³/mol. The van der Waals surface area contributed by atoms with Gasteiger partial charge in [0.15, 0.2) is 0 Å². The van der Waals surface area contributed by atoms with Crippen LogP contribution >= 0.6 is 0 Å². The van der Waals surface area contributed by atoms with Gasteiger partial charge in [-0.2, -0.15) is 0 Å². The van der Waals surface area contributed by atoms with E-state index in [9.17, 15) is 4.79 Å². The molecule has 0 spiro atoms. The summed E-state index contributed by atoms with van der Waals surface area (Å²) in [5.41, 5.74) is 6.50. The third-order valence-electron chi connectivity index (χ3n) is 2.08. The third-order valence-corrected chi connectivity index (χ3v) is 2.08. The summed E-state index contributed by atoms with van der Waals surface area (Å²) < 4.78 is 4.62. The van der Waals surface area contributed by atoms with Crippen molar-refractivity contribution < 1.29 is 9.53 Å². The van der Waals surface area contributed by atoms with Gasteiger partial charge >= 0.3 is 5.97 Å². The van der Waals surface area contributed by atoms with E-state index in [-0.39, 0.29) is 18.4 Å². The maximum Gasteiger partial charge on any atom is 0.313 e. The van der Waals surface area contributed by atoms with Crippen LogP contribution in [0.4, 0.5) is 0 Å². The van der Waals surface area contributed by atoms with Crippen molar-refractivity contribution in [3.63, 3.8) is 0 Å². The van der Waals surface area contributed by atoms with Crippen molar-refractivity contribution >= 4 is 12.0 Å². The van der Waals surface area contributed by atoms with Crippen LogP contribution in [0.5, 0.6) is 0 Å². The molecule has 0 radical (unpaired) electrons. The minimum atomic E-state index is -0.366. The SMILES string of the molecule is COC(=O)C(C=Cc1ccccc1)CN. The van der Waals surface area contributed by atoms with Crippen LogP contribution in [0.2, 0.25) is 0 Å². The lowest BCUT2D eigenvalue weighted by Gasteiger charge is -2.06. The molecule has 0 aliphatic rings. The largest absolute Gasteiger partial charge is 0.469 e. The number of carbonyl (C=O) groups is 1. The van der Waals surface area contributed by atoms with Crippen LogP contribution < -0.4 is 5.73 Å².